The summed E-state index contributed by atoms with van der Waals surface area (Å²) in [6.07, 6.45) is 4.92. The fourth-order valence-electron chi connectivity index (χ4n) is 3.44. The van der Waals surface area contributed by atoms with Crippen LogP contribution in [0.1, 0.15) is 24.8 Å². The van der Waals surface area contributed by atoms with Crippen LogP contribution in [0.5, 0.6) is 0 Å². The van der Waals surface area contributed by atoms with Gasteiger partial charge in [-0.25, -0.2) is 4.98 Å². The molecule has 4 rings (SSSR count). The number of aryl methyl sites for hydroxylation is 1. The smallest absolute Gasteiger partial charge is 0.250 e. The fourth-order valence-corrected chi connectivity index (χ4v) is 3.44. The topological polar surface area (TPSA) is 84.9 Å². The van der Waals surface area contributed by atoms with Gasteiger partial charge in [-0.1, -0.05) is 23.3 Å². The lowest BCUT2D eigenvalue weighted by Crippen LogP contribution is -2.39. The summed E-state index contributed by atoms with van der Waals surface area (Å²) in [5.41, 5.74) is 0.925. The lowest BCUT2D eigenvalue weighted by Gasteiger charge is -2.34. The van der Waals surface area contributed by atoms with E-state index in [0.29, 0.717) is 18.3 Å². The van der Waals surface area contributed by atoms with Gasteiger partial charge in [0.15, 0.2) is 0 Å². The summed E-state index contributed by atoms with van der Waals surface area (Å²) < 4.78 is 3.62. The van der Waals surface area contributed by atoms with Crippen molar-refractivity contribution in [1.29, 1.82) is 0 Å². The molecule has 0 spiro atoms. The molecule has 1 N–H and O–H groups in total. The summed E-state index contributed by atoms with van der Waals surface area (Å²) in [6, 6.07) is 9.84. The van der Waals surface area contributed by atoms with E-state index >= 15 is 0 Å². The van der Waals surface area contributed by atoms with Gasteiger partial charge in [-0.2, -0.15) is 4.68 Å². The molecule has 0 radical (unpaired) electrons. The number of para-hydroxylation sites is 1. The molecule has 1 aromatic carbocycles. The second-order valence-corrected chi connectivity index (χ2v) is 6.42. The number of hydrogen-bond donors (Lipinski definition) is 1. The molecule has 1 fully saturated rings. The van der Waals surface area contributed by atoms with Crippen LogP contribution >= 0.6 is 0 Å². The largest absolute Gasteiger partial charge is 0.385 e. The molecule has 1 aliphatic rings. The van der Waals surface area contributed by atoms with Crippen molar-refractivity contribution in [3.63, 3.8) is 0 Å². The maximum atomic E-state index is 10.7. The van der Waals surface area contributed by atoms with Crippen LogP contribution < -0.4 is 4.90 Å². The number of aliphatic hydroxyl groups is 1. The van der Waals surface area contributed by atoms with Crippen molar-refractivity contribution in [1.82, 2.24) is 29.8 Å². The van der Waals surface area contributed by atoms with Gasteiger partial charge in [0, 0.05) is 38.4 Å². The molecule has 1 saturated heterocycles. The third kappa shape index (κ3) is 3.00. The standard InChI is InChI=1S/C17H21N7O/c1-22-11-9-18-16(22)15(25)13-6-5-10-23(12-13)17-19-20-21-24(17)14-7-3-2-4-8-14/h2-4,7-9,11,13,15,25H,5-6,10,12H2,1H3. The van der Waals surface area contributed by atoms with Crippen LogP contribution in [0, 0.1) is 5.92 Å². The van der Waals surface area contributed by atoms with Crippen LogP contribution in [0.3, 0.4) is 0 Å². The Balaban J connectivity index is 1.57. The molecule has 2 unspecified atom stereocenters. The Kier molecular flexibility index (Phi) is 4.19. The summed E-state index contributed by atoms with van der Waals surface area (Å²) in [6.45, 7) is 1.57. The van der Waals surface area contributed by atoms with Gasteiger partial charge in [0.25, 0.3) is 0 Å². The molecule has 2 aromatic heterocycles. The molecule has 8 nitrogen and oxygen atoms in total. The minimum Gasteiger partial charge on any atom is -0.385 e. The van der Waals surface area contributed by atoms with Gasteiger partial charge in [0.05, 0.1) is 5.69 Å². The Morgan fingerprint density at radius 3 is 2.84 bits per heavy atom. The van der Waals surface area contributed by atoms with E-state index in [1.54, 1.807) is 10.9 Å². The van der Waals surface area contributed by atoms with E-state index in [2.05, 4.69) is 25.4 Å². The van der Waals surface area contributed by atoms with Crippen molar-refractivity contribution in [3.05, 3.63) is 48.5 Å². The molecule has 0 amide bonds. The summed E-state index contributed by atoms with van der Waals surface area (Å²) in [7, 11) is 1.90. The maximum absolute atomic E-state index is 10.7. The molecule has 0 saturated carbocycles. The number of aliphatic hydroxyl groups excluding tert-OH is 1. The van der Waals surface area contributed by atoms with E-state index in [4.69, 9.17) is 0 Å². The first-order valence-corrected chi connectivity index (χ1v) is 8.48. The third-order valence-corrected chi connectivity index (χ3v) is 4.76. The fraction of sp³-hybridized carbons (Fsp3) is 0.412. The Morgan fingerprint density at radius 1 is 1.24 bits per heavy atom. The minimum absolute atomic E-state index is 0.0933. The first-order valence-electron chi connectivity index (χ1n) is 8.48. The molecule has 3 heterocycles. The molecule has 2 atom stereocenters. The molecule has 8 heteroatoms. The van der Waals surface area contributed by atoms with E-state index in [9.17, 15) is 5.11 Å². The number of anilines is 1. The number of imidazole rings is 1. The first kappa shape index (κ1) is 15.8. The molecule has 3 aromatic rings. The number of tetrazole rings is 1. The second kappa shape index (κ2) is 6.64. The predicted molar refractivity (Wildman–Crippen MR) is 92.3 cm³/mol. The minimum atomic E-state index is -0.594. The molecular formula is C17H21N7O. The van der Waals surface area contributed by atoms with Crippen molar-refractivity contribution in [2.24, 2.45) is 13.0 Å². The highest BCUT2D eigenvalue weighted by molar-refractivity contribution is 5.40. The zero-order valence-electron chi connectivity index (χ0n) is 14.1. The van der Waals surface area contributed by atoms with Crippen LogP contribution in [-0.4, -0.2) is 48.0 Å². The average molecular weight is 339 g/mol. The van der Waals surface area contributed by atoms with Gasteiger partial charge in [-0.3, -0.25) is 0 Å². The van der Waals surface area contributed by atoms with Gasteiger partial charge in [-0.05, 0) is 35.4 Å². The zero-order valence-corrected chi connectivity index (χ0v) is 14.1. The van der Waals surface area contributed by atoms with Gasteiger partial charge in [0.1, 0.15) is 11.9 Å². The lowest BCUT2D eigenvalue weighted by molar-refractivity contribution is 0.0871. The molecule has 0 bridgehead atoms. The summed E-state index contributed by atoms with van der Waals surface area (Å²) in [5.74, 6) is 1.51. The molecule has 0 aliphatic carbocycles. The van der Waals surface area contributed by atoms with Crippen molar-refractivity contribution in [2.45, 2.75) is 18.9 Å². The zero-order chi connectivity index (χ0) is 17.2. The number of rotatable bonds is 4. The average Bonchev–Trinajstić information content (AvgIpc) is 3.31. The van der Waals surface area contributed by atoms with Gasteiger partial charge >= 0.3 is 0 Å². The SMILES string of the molecule is Cn1ccnc1C(O)C1CCCN(c2nnnn2-c2ccccc2)C1. The van der Waals surface area contributed by atoms with E-state index in [1.807, 2.05) is 48.1 Å². The highest BCUT2D eigenvalue weighted by Crippen LogP contribution is 2.30. The molecule has 130 valence electrons. The van der Waals surface area contributed by atoms with E-state index in [1.165, 1.54) is 0 Å². The summed E-state index contributed by atoms with van der Waals surface area (Å²) >= 11 is 0. The van der Waals surface area contributed by atoms with Crippen molar-refractivity contribution >= 4 is 5.95 Å². The van der Waals surface area contributed by atoms with Gasteiger partial charge in [-0.15, -0.1) is 0 Å². The normalized spacial score (nSPS) is 19.1. The van der Waals surface area contributed by atoms with Crippen LogP contribution in [0.25, 0.3) is 5.69 Å². The Bertz CT molecular complexity index is 828. The number of aromatic nitrogens is 6. The van der Waals surface area contributed by atoms with Crippen molar-refractivity contribution in [3.8, 4) is 5.69 Å². The highest BCUT2D eigenvalue weighted by Gasteiger charge is 2.31. The van der Waals surface area contributed by atoms with Crippen LogP contribution in [0.2, 0.25) is 0 Å². The van der Waals surface area contributed by atoms with Crippen LogP contribution in [0.15, 0.2) is 42.7 Å². The van der Waals surface area contributed by atoms with Crippen molar-refractivity contribution in [2.75, 3.05) is 18.0 Å². The maximum Gasteiger partial charge on any atom is 0.250 e. The highest BCUT2D eigenvalue weighted by atomic mass is 16.3. The Morgan fingerprint density at radius 2 is 2.08 bits per heavy atom. The van der Waals surface area contributed by atoms with Crippen LogP contribution in [0.4, 0.5) is 5.95 Å². The van der Waals surface area contributed by atoms with Crippen molar-refractivity contribution < 1.29 is 5.11 Å². The summed E-state index contributed by atoms with van der Waals surface area (Å²) in [4.78, 5) is 6.44. The Hall–Kier alpha value is -2.74. The van der Waals surface area contributed by atoms with E-state index in [-0.39, 0.29) is 5.92 Å². The lowest BCUT2D eigenvalue weighted by atomic mass is 9.92. The van der Waals surface area contributed by atoms with Gasteiger partial charge < -0.3 is 14.6 Å². The third-order valence-electron chi connectivity index (χ3n) is 4.76. The van der Waals surface area contributed by atoms with E-state index < -0.39 is 6.10 Å². The number of piperidine rings is 1. The van der Waals surface area contributed by atoms with E-state index in [0.717, 1.165) is 25.1 Å². The quantitative estimate of drug-likeness (QED) is 0.772. The van der Waals surface area contributed by atoms with Gasteiger partial charge in [0.2, 0.25) is 5.95 Å². The monoisotopic (exact) mass is 339 g/mol. The molecule has 1 aliphatic heterocycles. The number of nitrogens with zero attached hydrogens (tertiary/aromatic N) is 7. The molecular weight excluding hydrogens is 318 g/mol. The second-order valence-electron chi connectivity index (χ2n) is 6.42. The number of benzene rings is 1. The Labute approximate surface area is 145 Å². The summed E-state index contributed by atoms with van der Waals surface area (Å²) in [5, 5.41) is 22.9. The van der Waals surface area contributed by atoms with Crippen LogP contribution in [-0.2, 0) is 7.05 Å². The molecule has 25 heavy (non-hydrogen) atoms. The first-order chi connectivity index (χ1) is 12.2. The number of hydrogen-bond acceptors (Lipinski definition) is 6. The predicted octanol–water partition coefficient (Wildman–Crippen LogP) is 1.35.